The summed E-state index contributed by atoms with van der Waals surface area (Å²) in [5.41, 5.74) is 10.4. The first-order chi connectivity index (χ1) is 18.6. The number of hydrogen-bond acceptors (Lipinski definition) is 8. The van der Waals surface area contributed by atoms with Gasteiger partial charge in [0, 0.05) is 36.3 Å². The van der Waals surface area contributed by atoms with E-state index in [0.29, 0.717) is 39.2 Å². The Bertz CT molecular complexity index is 1810. The molecule has 0 fully saturated rings. The van der Waals surface area contributed by atoms with Gasteiger partial charge in [-0.05, 0) is 47.9 Å². The number of hydrogen-bond donors (Lipinski definition) is 4. The van der Waals surface area contributed by atoms with Crippen molar-refractivity contribution in [2.75, 3.05) is 12.0 Å². The number of anilines is 1. The molecule has 0 bridgehead atoms. The third-order valence-electron chi connectivity index (χ3n) is 6.00. The van der Waals surface area contributed by atoms with Gasteiger partial charge in [-0.25, -0.2) is 27.5 Å². The molecule has 5 rings (SSSR count). The van der Waals surface area contributed by atoms with Crippen molar-refractivity contribution in [1.82, 2.24) is 24.7 Å². The summed E-state index contributed by atoms with van der Waals surface area (Å²) in [6, 6.07) is 9.36. The summed E-state index contributed by atoms with van der Waals surface area (Å²) in [7, 11) is -3.46. The Morgan fingerprint density at radius 2 is 2.03 bits per heavy atom. The number of imidazole rings is 1. The molecule has 1 atom stereocenters. The maximum atomic E-state index is 14.5. The monoisotopic (exact) mass is 544 g/mol. The van der Waals surface area contributed by atoms with Crippen LogP contribution in [0.15, 0.2) is 65.9 Å². The number of H-pyrrole nitrogens is 1. The predicted molar refractivity (Wildman–Crippen MR) is 150 cm³/mol. The van der Waals surface area contributed by atoms with Crippen molar-refractivity contribution in [3.8, 4) is 11.3 Å². The molecule has 3 aromatic heterocycles. The van der Waals surface area contributed by atoms with Crippen LogP contribution in [0.4, 0.5) is 10.1 Å². The standard InChI is InChI=1S/C27H25FN8O2S/c1-15-5-7-31-14-18(9-15)21-4-3-20(29)25(34-21)23(30)27-35-22-6-8-32-24(26(22)36-27)17-10-16(11-19(28)12-17)13-33-39(2,37)38/h3-12,14-15,30,33H,13,29H2,1-2H3,(H,35,36)/t15-/m0/s1. The summed E-state index contributed by atoms with van der Waals surface area (Å²) < 4.78 is 39.8. The number of aromatic nitrogens is 4. The molecule has 0 radical (unpaired) electrons. The Labute approximate surface area is 224 Å². The highest BCUT2D eigenvalue weighted by atomic mass is 32.2. The summed E-state index contributed by atoms with van der Waals surface area (Å²) in [5.74, 6) is -0.171. The van der Waals surface area contributed by atoms with Gasteiger partial charge >= 0.3 is 0 Å². The molecule has 198 valence electrons. The Hall–Kier alpha value is -4.55. The van der Waals surface area contributed by atoms with Crippen LogP contribution in [0.25, 0.3) is 27.9 Å². The van der Waals surface area contributed by atoms with E-state index in [0.717, 1.165) is 11.8 Å². The largest absolute Gasteiger partial charge is 0.397 e. The fourth-order valence-corrected chi connectivity index (χ4v) is 4.58. The molecule has 0 spiro atoms. The van der Waals surface area contributed by atoms with Gasteiger partial charge in [-0.1, -0.05) is 19.1 Å². The van der Waals surface area contributed by atoms with E-state index in [4.69, 9.17) is 11.1 Å². The minimum atomic E-state index is -3.46. The van der Waals surface area contributed by atoms with Gasteiger partial charge < -0.3 is 10.7 Å². The van der Waals surface area contributed by atoms with Crippen molar-refractivity contribution < 1.29 is 12.8 Å². The van der Waals surface area contributed by atoms with E-state index < -0.39 is 15.8 Å². The number of benzene rings is 1. The van der Waals surface area contributed by atoms with Crippen LogP contribution in [0.2, 0.25) is 0 Å². The molecule has 0 saturated heterocycles. The van der Waals surface area contributed by atoms with Gasteiger partial charge in [-0.3, -0.25) is 15.4 Å². The van der Waals surface area contributed by atoms with Crippen LogP contribution in [0, 0.1) is 17.1 Å². The zero-order chi connectivity index (χ0) is 27.7. The van der Waals surface area contributed by atoms with Gasteiger partial charge in [0.2, 0.25) is 10.0 Å². The zero-order valence-corrected chi connectivity index (χ0v) is 21.9. The molecule has 39 heavy (non-hydrogen) atoms. The normalized spacial score (nSPS) is 15.4. The van der Waals surface area contributed by atoms with Gasteiger partial charge in [0.15, 0.2) is 5.82 Å². The minimum Gasteiger partial charge on any atom is -0.397 e. The van der Waals surface area contributed by atoms with Gasteiger partial charge in [0.25, 0.3) is 0 Å². The fraction of sp³-hybridized carbons (Fsp3) is 0.148. The quantitative estimate of drug-likeness (QED) is 0.258. The minimum absolute atomic E-state index is 0.0221. The summed E-state index contributed by atoms with van der Waals surface area (Å²) in [4.78, 5) is 21.0. The SMILES string of the molecule is C[C@H]1C=CN=CC(c2ccc(N)c(C(=N)c3nc4c(-c5cc(F)cc(CNS(C)(=O)=O)c5)nccc4[nH]3)n2)=C1. The second kappa shape index (κ2) is 10.3. The molecule has 1 aliphatic heterocycles. The van der Waals surface area contributed by atoms with Crippen LogP contribution >= 0.6 is 0 Å². The summed E-state index contributed by atoms with van der Waals surface area (Å²) in [5, 5.41) is 8.85. The highest BCUT2D eigenvalue weighted by molar-refractivity contribution is 7.88. The van der Waals surface area contributed by atoms with Gasteiger partial charge in [0.05, 0.1) is 28.8 Å². The number of nitrogens with zero attached hydrogens (tertiary/aromatic N) is 4. The van der Waals surface area contributed by atoms with E-state index in [1.807, 2.05) is 19.1 Å². The highest BCUT2D eigenvalue weighted by Gasteiger charge is 2.19. The Morgan fingerprint density at radius 3 is 2.82 bits per heavy atom. The number of nitrogens with one attached hydrogen (secondary N) is 3. The molecule has 1 aromatic carbocycles. The predicted octanol–water partition coefficient (Wildman–Crippen LogP) is 3.82. The third kappa shape index (κ3) is 5.81. The number of sulfonamides is 1. The maximum absolute atomic E-state index is 14.5. The van der Waals surface area contributed by atoms with Crippen molar-refractivity contribution in [2.45, 2.75) is 13.5 Å². The first-order valence-electron chi connectivity index (χ1n) is 11.9. The number of aliphatic imine (C=N–C) groups is 1. The summed E-state index contributed by atoms with van der Waals surface area (Å²) in [6.45, 7) is 1.96. The Morgan fingerprint density at radius 1 is 1.21 bits per heavy atom. The maximum Gasteiger partial charge on any atom is 0.209 e. The third-order valence-corrected chi connectivity index (χ3v) is 6.67. The molecule has 0 amide bonds. The van der Waals surface area contributed by atoms with Gasteiger partial charge in [-0.2, -0.15) is 0 Å². The highest BCUT2D eigenvalue weighted by Crippen LogP contribution is 2.28. The summed E-state index contributed by atoms with van der Waals surface area (Å²) in [6.07, 6.45) is 10.0. The zero-order valence-electron chi connectivity index (χ0n) is 21.1. The number of halogens is 1. The number of fused-ring (bicyclic) bond motifs is 1. The van der Waals surface area contributed by atoms with E-state index in [-0.39, 0.29) is 29.7 Å². The van der Waals surface area contributed by atoms with E-state index in [2.05, 4.69) is 29.7 Å². The van der Waals surface area contributed by atoms with Crippen LogP contribution < -0.4 is 10.5 Å². The molecule has 4 aromatic rings. The van der Waals surface area contributed by atoms with E-state index in [1.54, 1.807) is 42.9 Å². The van der Waals surface area contributed by atoms with Crippen LogP contribution in [-0.4, -0.2) is 46.5 Å². The molecule has 12 heteroatoms. The number of pyridine rings is 2. The Kier molecular flexibility index (Phi) is 6.89. The average Bonchev–Trinajstić information content (AvgIpc) is 3.21. The molecule has 10 nitrogen and oxygen atoms in total. The molecule has 1 aliphatic rings. The summed E-state index contributed by atoms with van der Waals surface area (Å²) >= 11 is 0. The van der Waals surface area contributed by atoms with Crippen LogP contribution in [-0.2, 0) is 16.6 Å². The number of nitrogens with two attached hydrogens (primary N) is 1. The van der Waals surface area contributed by atoms with Crippen molar-refractivity contribution >= 4 is 44.2 Å². The molecule has 0 saturated carbocycles. The average molecular weight is 545 g/mol. The van der Waals surface area contributed by atoms with E-state index >= 15 is 0 Å². The number of allylic oxidation sites excluding steroid dienone is 3. The second-order valence-electron chi connectivity index (χ2n) is 9.19. The smallest absolute Gasteiger partial charge is 0.209 e. The second-order valence-corrected chi connectivity index (χ2v) is 11.0. The first-order valence-corrected chi connectivity index (χ1v) is 13.8. The lowest BCUT2D eigenvalue weighted by Crippen LogP contribution is -2.21. The lowest BCUT2D eigenvalue weighted by molar-refractivity contribution is 0.586. The van der Waals surface area contributed by atoms with Crippen LogP contribution in [0.1, 0.15) is 29.7 Å². The number of nitrogen functional groups attached to an aromatic ring is 1. The molecular formula is C27H25FN8O2S. The van der Waals surface area contributed by atoms with Crippen molar-refractivity contribution in [3.05, 3.63) is 89.5 Å². The number of aromatic amines is 1. The lowest BCUT2D eigenvalue weighted by atomic mass is 10.0. The topological polar surface area (TPSA) is 163 Å². The lowest BCUT2D eigenvalue weighted by Gasteiger charge is -2.09. The van der Waals surface area contributed by atoms with Crippen LogP contribution in [0.5, 0.6) is 0 Å². The number of rotatable bonds is 7. The molecule has 4 heterocycles. The van der Waals surface area contributed by atoms with Gasteiger partial charge in [0.1, 0.15) is 22.7 Å². The van der Waals surface area contributed by atoms with Crippen molar-refractivity contribution in [3.63, 3.8) is 0 Å². The fourth-order valence-electron chi connectivity index (χ4n) is 4.15. The van der Waals surface area contributed by atoms with Crippen molar-refractivity contribution in [2.24, 2.45) is 10.9 Å². The molecular weight excluding hydrogens is 519 g/mol. The van der Waals surface area contributed by atoms with E-state index in [9.17, 15) is 12.8 Å². The van der Waals surface area contributed by atoms with Gasteiger partial charge in [-0.15, -0.1) is 0 Å². The molecule has 0 unspecified atom stereocenters. The Balaban J connectivity index is 1.52. The van der Waals surface area contributed by atoms with E-state index in [1.165, 1.54) is 12.1 Å². The molecule has 0 aliphatic carbocycles. The molecule has 5 N–H and O–H groups in total. The van der Waals surface area contributed by atoms with Crippen molar-refractivity contribution in [1.29, 1.82) is 5.41 Å². The van der Waals surface area contributed by atoms with Crippen LogP contribution in [0.3, 0.4) is 0 Å². The first kappa shape index (κ1) is 26.1.